The van der Waals surface area contributed by atoms with Crippen LogP contribution >= 0.6 is 11.8 Å². The first-order valence-corrected chi connectivity index (χ1v) is 13.1. The number of carbonyl (C=O) groups excluding carboxylic acids is 1. The molecule has 1 aliphatic rings. The normalized spacial score (nSPS) is 13.5. The molecule has 0 spiro atoms. The number of primary sulfonamides is 1. The minimum Gasteiger partial charge on any atom is -0.355 e. The third-order valence-electron chi connectivity index (χ3n) is 5.44. The van der Waals surface area contributed by atoms with Gasteiger partial charge in [0.05, 0.1) is 16.3 Å². The van der Waals surface area contributed by atoms with Crippen LogP contribution in [0.1, 0.15) is 29.8 Å². The fraction of sp³-hybridized carbons (Fsp3) is 0.304. The summed E-state index contributed by atoms with van der Waals surface area (Å²) >= 11 is 1.45. The quantitative estimate of drug-likeness (QED) is 0.492. The summed E-state index contributed by atoms with van der Waals surface area (Å²) in [6.07, 6.45) is 4.91. The van der Waals surface area contributed by atoms with Crippen molar-refractivity contribution in [2.45, 2.75) is 42.2 Å². The zero-order valence-corrected chi connectivity index (χ0v) is 19.3. The van der Waals surface area contributed by atoms with E-state index in [4.69, 9.17) is 10.1 Å². The molecule has 0 saturated carbocycles. The highest BCUT2D eigenvalue weighted by Gasteiger charge is 2.21. The van der Waals surface area contributed by atoms with E-state index in [1.807, 2.05) is 18.2 Å². The fourth-order valence-electron chi connectivity index (χ4n) is 3.83. The molecule has 0 aliphatic heterocycles. The molecule has 2 aromatic carbocycles. The number of carbonyl (C=O) groups is 1. The van der Waals surface area contributed by atoms with Crippen LogP contribution in [0.4, 0.5) is 0 Å². The number of hydrogen-bond acceptors (Lipinski definition) is 5. The molecule has 0 saturated heterocycles. The van der Waals surface area contributed by atoms with Gasteiger partial charge in [-0.1, -0.05) is 42.1 Å². The standard InChI is InChI=1S/C23H26N4O3S2/c24-32(29,30)19-12-10-17(11-13-19)14-15-25-22(28)16-31-23-26-20-8-4-5-9-21(20)27(23)18-6-2-1-3-7-18/h1-3,6-7,10-13H,4-5,8-9,14-16H2,(H,25,28)(H2,24,29,30). The topological polar surface area (TPSA) is 107 Å². The second kappa shape index (κ2) is 9.89. The Balaban J connectivity index is 1.35. The van der Waals surface area contributed by atoms with Crippen LogP contribution in [-0.2, 0) is 34.1 Å². The lowest BCUT2D eigenvalue weighted by Crippen LogP contribution is -2.27. The third kappa shape index (κ3) is 5.40. The van der Waals surface area contributed by atoms with Crippen molar-refractivity contribution < 1.29 is 13.2 Å². The molecule has 9 heteroatoms. The van der Waals surface area contributed by atoms with Gasteiger partial charge in [-0.2, -0.15) is 0 Å². The molecule has 0 unspecified atom stereocenters. The number of nitrogens with two attached hydrogens (primary N) is 1. The van der Waals surface area contributed by atoms with E-state index in [0.717, 1.165) is 47.8 Å². The SMILES string of the molecule is NS(=O)(=O)c1ccc(CCNC(=O)CSc2nc3c(n2-c2ccccc2)CCCC3)cc1. The number of thioether (sulfide) groups is 1. The number of amides is 1. The maximum Gasteiger partial charge on any atom is 0.238 e. The first-order chi connectivity index (χ1) is 15.4. The Bertz CT molecular complexity index is 1190. The van der Waals surface area contributed by atoms with Gasteiger partial charge >= 0.3 is 0 Å². The Labute approximate surface area is 192 Å². The monoisotopic (exact) mass is 470 g/mol. The van der Waals surface area contributed by atoms with E-state index in [-0.39, 0.29) is 16.6 Å². The predicted octanol–water partition coefficient (Wildman–Crippen LogP) is 2.85. The van der Waals surface area contributed by atoms with Gasteiger partial charge in [-0.25, -0.2) is 18.5 Å². The van der Waals surface area contributed by atoms with Gasteiger partial charge < -0.3 is 5.32 Å². The molecule has 3 aromatic rings. The minimum atomic E-state index is -3.69. The highest BCUT2D eigenvalue weighted by molar-refractivity contribution is 7.99. The molecule has 1 aliphatic carbocycles. The maximum atomic E-state index is 12.4. The zero-order chi connectivity index (χ0) is 22.6. The Morgan fingerprint density at radius 3 is 2.50 bits per heavy atom. The maximum absolute atomic E-state index is 12.4. The van der Waals surface area contributed by atoms with Crippen LogP contribution in [0, 0.1) is 0 Å². The number of para-hydroxylation sites is 1. The third-order valence-corrected chi connectivity index (χ3v) is 7.30. The summed E-state index contributed by atoms with van der Waals surface area (Å²) in [4.78, 5) is 17.3. The molecule has 1 amide bonds. The molecule has 1 heterocycles. The van der Waals surface area contributed by atoms with Crippen LogP contribution < -0.4 is 10.5 Å². The summed E-state index contributed by atoms with van der Waals surface area (Å²) in [5.41, 5.74) is 4.41. The van der Waals surface area contributed by atoms with Gasteiger partial charge in [0.25, 0.3) is 0 Å². The van der Waals surface area contributed by atoms with Gasteiger partial charge in [0.1, 0.15) is 0 Å². The average molecular weight is 471 g/mol. The van der Waals surface area contributed by atoms with Gasteiger partial charge in [-0.15, -0.1) is 0 Å². The summed E-state index contributed by atoms with van der Waals surface area (Å²) in [6.45, 7) is 0.470. The number of rotatable bonds is 8. The van der Waals surface area contributed by atoms with Crippen molar-refractivity contribution in [1.29, 1.82) is 0 Å². The summed E-state index contributed by atoms with van der Waals surface area (Å²) in [5, 5.41) is 8.90. The Morgan fingerprint density at radius 2 is 1.78 bits per heavy atom. The smallest absolute Gasteiger partial charge is 0.238 e. The lowest BCUT2D eigenvalue weighted by atomic mass is 10.0. The molecule has 0 fully saturated rings. The van der Waals surface area contributed by atoms with E-state index in [1.54, 1.807) is 12.1 Å². The van der Waals surface area contributed by atoms with E-state index < -0.39 is 10.0 Å². The molecular weight excluding hydrogens is 444 g/mol. The average Bonchev–Trinajstić information content (AvgIpc) is 3.16. The number of aromatic nitrogens is 2. The van der Waals surface area contributed by atoms with Crippen LogP contribution in [-0.4, -0.2) is 36.2 Å². The van der Waals surface area contributed by atoms with Crippen LogP contribution in [0.3, 0.4) is 0 Å². The molecule has 0 bridgehead atoms. The van der Waals surface area contributed by atoms with Crippen molar-refractivity contribution in [3.63, 3.8) is 0 Å². The fourth-order valence-corrected chi connectivity index (χ4v) is 5.23. The van der Waals surface area contributed by atoms with Crippen molar-refractivity contribution >= 4 is 27.7 Å². The summed E-state index contributed by atoms with van der Waals surface area (Å²) in [5.74, 6) is 0.226. The van der Waals surface area contributed by atoms with Gasteiger partial charge in [0.2, 0.25) is 15.9 Å². The number of benzene rings is 2. The van der Waals surface area contributed by atoms with Crippen molar-refractivity contribution in [3.05, 3.63) is 71.5 Å². The zero-order valence-electron chi connectivity index (χ0n) is 17.7. The van der Waals surface area contributed by atoms with Gasteiger partial charge in [-0.05, 0) is 61.9 Å². The first-order valence-electron chi connectivity index (χ1n) is 10.6. The van der Waals surface area contributed by atoms with E-state index in [1.165, 1.54) is 29.6 Å². The van der Waals surface area contributed by atoms with Gasteiger partial charge in [0.15, 0.2) is 5.16 Å². The van der Waals surface area contributed by atoms with Crippen molar-refractivity contribution in [1.82, 2.24) is 14.9 Å². The molecule has 32 heavy (non-hydrogen) atoms. The molecule has 1 aromatic heterocycles. The number of imidazole rings is 1. The van der Waals surface area contributed by atoms with Crippen LogP contribution in [0.2, 0.25) is 0 Å². The Morgan fingerprint density at radius 1 is 1.06 bits per heavy atom. The predicted molar refractivity (Wildman–Crippen MR) is 125 cm³/mol. The second-order valence-electron chi connectivity index (χ2n) is 7.74. The lowest BCUT2D eigenvalue weighted by molar-refractivity contribution is -0.118. The lowest BCUT2D eigenvalue weighted by Gasteiger charge is -2.15. The molecule has 3 N–H and O–H groups in total. The van der Waals surface area contributed by atoms with E-state index in [9.17, 15) is 13.2 Å². The van der Waals surface area contributed by atoms with E-state index in [0.29, 0.717) is 13.0 Å². The summed E-state index contributed by atoms with van der Waals surface area (Å²) < 4.78 is 24.8. The summed E-state index contributed by atoms with van der Waals surface area (Å²) in [6, 6.07) is 16.5. The van der Waals surface area contributed by atoms with E-state index >= 15 is 0 Å². The highest BCUT2D eigenvalue weighted by Crippen LogP contribution is 2.30. The Hall–Kier alpha value is -2.62. The largest absolute Gasteiger partial charge is 0.355 e. The molecule has 0 atom stereocenters. The molecule has 168 valence electrons. The minimum absolute atomic E-state index is 0.0586. The van der Waals surface area contributed by atoms with Crippen molar-refractivity contribution in [2.75, 3.05) is 12.3 Å². The summed E-state index contributed by atoms with van der Waals surface area (Å²) in [7, 11) is -3.69. The number of hydrogen-bond donors (Lipinski definition) is 2. The number of nitrogens with one attached hydrogen (secondary N) is 1. The number of sulfonamides is 1. The van der Waals surface area contributed by atoms with Gasteiger partial charge in [0, 0.05) is 17.9 Å². The van der Waals surface area contributed by atoms with Gasteiger partial charge in [-0.3, -0.25) is 9.36 Å². The molecule has 7 nitrogen and oxygen atoms in total. The van der Waals surface area contributed by atoms with Crippen molar-refractivity contribution in [2.24, 2.45) is 5.14 Å². The second-order valence-corrected chi connectivity index (χ2v) is 10.2. The molecular formula is C23H26N4O3S2. The van der Waals surface area contributed by atoms with Crippen LogP contribution in [0.25, 0.3) is 5.69 Å². The molecule has 0 radical (unpaired) electrons. The van der Waals surface area contributed by atoms with Crippen LogP contribution in [0.15, 0.2) is 64.6 Å². The first kappa shape index (κ1) is 22.6. The number of fused-ring (bicyclic) bond motifs is 1. The number of aryl methyl sites for hydroxylation is 1. The Kier molecular flexibility index (Phi) is 6.98. The van der Waals surface area contributed by atoms with E-state index in [2.05, 4.69) is 22.0 Å². The highest BCUT2D eigenvalue weighted by atomic mass is 32.2. The van der Waals surface area contributed by atoms with Crippen LogP contribution in [0.5, 0.6) is 0 Å². The van der Waals surface area contributed by atoms with Crippen molar-refractivity contribution in [3.8, 4) is 5.69 Å². The molecule has 4 rings (SSSR count). The number of nitrogens with zero attached hydrogens (tertiary/aromatic N) is 2.